The van der Waals surface area contributed by atoms with Gasteiger partial charge < -0.3 is 9.47 Å². The first-order valence-electron chi connectivity index (χ1n) is 10.3. The maximum atomic E-state index is 12.0. The van der Waals surface area contributed by atoms with E-state index in [9.17, 15) is 4.79 Å². The molecule has 0 aromatic heterocycles. The lowest BCUT2D eigenvalue weighted by Gasteiger charge is -2.30. The molecule has 2 atom stereocenters. The monoisotopic (exact) mass is 527 g/mol. The molecule has 0 amide bonds. The largest absolute Gasteiger partial charge is 0.484 e. The molecule has 1 heterocycles. The van der Waals surface area contributed by atoms with Crippen LogP contribution in [0.5, 0.6) is 5.75 Å². The molecule has 0 fully saturated rings. The van der Waals surface area contributed by atoms with Gasteiger partial charge in [-0.25, -0.2) is 4.79 Å². The number of benzene rings is 3. The minimum atomic E-state index is -2.40. The van der Waals surface area contributed by atoms with E-state index < -0.39 is 18.3 Å². The summed E-state index contributed by atoms with van der Waals surface area (Å²) in [6.07, 6.45) is 0.370. The van der Waals surface area contributed by atoms with Crippen molar-refractivity contribution < 1.29 is 14.3 Å². The van der Waals surface area contributed by atoms with Gasteiger partial charge in [-0.1, -0.05) is 88.4 Å². The highest BCUT2D eigenvalue weighted by Crippen LogP contribution is 2.47. The number of halogens is 1. The van der Waals surface area contributed by atoms with Crippen molar-refractivity contribution in [1.29, 1.82) is 0 Å². The predicted octanol–water partition coefficient (Wildman–Crippen LogP) is 5.01. The van der Waals surface area contributed by atoms with Crippen LogP contribution in [-0.4, -0.2) is 18.7 Å². The van der Waals surface area contributed by atoms with Crippen LogP contribution in [0.25, 0.3) is 0 Å². The van der Waals surface area contributed by atoms with Gasteiger partial charge in [0.25, 0.3) is 0 Å². The molecule has 1 aliphatic heterocycles. The number of esters is 1. The van der Waals surface area contributed by atoms with Gasteiger partial charge in [-0.2, -0.15) is 0 Å². The lowest BCUT2D eigenvalue weighted by molar-refractivity contribution is -0.137. The topological polar surface area (TPSA) is 47.6 Å². The third kappa shape index (κ3) is 4.89. The lowest BCUT2D eigenvalue weighted by atomic mass is 10.0. The molecule has 1 N–H and O–H groups in total. The Bertz CT molecular complexity index is 1130. The number of hydrogen-bond acceptors (Lipinski definition) is 4. The van der Waals surface area contributed by atoms with Crippen molar-refractivity contribution in [3.05, 3.63) is 101 Å². The zero-order chi connectivity index (χ0) is 22.6. The molecular formula is C25H23BrNO3PS. The van der Waals surface area contributed by atoms with Crippen LogP contribution in [0.15, 0.2) is 95.5 Å². The molecule has 0 bridgehead atoms. The summed E-state index contributed by atoms with van der Waals surface area (Å²) in [6.45, 7) is 2.11. The number of carbonyl (C=O) groups excluding carboxylic acids is 1. The van der Waals surface area contributed by atoms with E-state index in [1.54, 1.807) is 13.0 Å². The maximum absolute atomic E-state index is 12.0. The molecule has 4 rings (SSSR count). The molecular weight excluding hydrogens is 505 g/mol. The number of nitrogens with one attached hydrogen (secondary N) is 1. The molecule has 0 spiro atoms. The van der Waals surface area contributed by atoms with Crippen molar-refractivity contribution >= 4 is 50.5 Å². The summed E-state index contributed by atoms with van der Waals surface area (Å²) in [5, 5.41) is 5.93. The van der Waals surface area contributed by atoms with Crippen LogP contribution in [-0.2, 0) is 21.3 Å². The normalized spacial score (nSPS) is 17.7. The van der Waals surface area contributed by atoms with Crippen LogP contribution in [0, 0.1) is 0 Å². The minimum absolute atomic E-state index is 0.237. The van der Waals surface area contributed by atoms with Gasteiger partial charge in [0.1, 0.15) is 11.9 Å². The fourth-order valence-corrected chi connectivity index (χ4v) is 7.60. The summed E-state index contributed by atoms with van der Waals surface area (Å²) in [4.78, 5) is 12.0. The second-order valence-electron chi connectivity index (χ2n) is 7.26. The van der Waals surface area contributed by atoms with Crippen molar-refractivity contribution in [2.75, 3.05) is 6.61 Å². The summed E-state index contributed by atoms with van der Waals surface area (Å²) in [6, 6.07) is 26.0. The van der Waals surface area contributed by atoms with Gasteiger partial charge in [0.05, 0.1) is 18.8 Å². The highest BCUT2D eigenvalue weighted by molar-refractivity contribution is 9.10. The summed E-state index contributed by atoms with van der Waals surface area (Å²) in [5.41, 5.74) is 0.999. The maximum Gasteiger partial charge on any atom is 0.330 e. The van der Waals surface area contributed by atoms with E-state index in [2.05, 4.69) is 45.3 Å². The zero-order valence-corrected chi connectivity index (χ0v) is 20.8. The Hall–Kier alpha value is -2.24. The molecule has 32 heavy (non-hydrogen) atoms. The third-order valence-corrected chi connectivity index (χ3v) is 9.93. The molecule has 7 heteroatoms. The smallest absolute Gasteiger partial charge is 0.330 e. The van der Waals surface area contributed by atoms with E-state index in [1.807, 2.05) is 54.6 Å². The number of rotatable bonds is 7. The Labute approximate surface area is 201 Å². The average molecular weight is 528 g/mol. The lowest BCUT2D eigenvalue weighted by Crippen LogP contribution is -2.34. The molecule has 4 nitrogen and oxygen atoms in total. The first kappa shape index (κ1) is 22.9. The van der Waals surface area contributed by atoms with Gasteiger partial charge in [0.15, 0.2) is 0 Å². The Kier molecular flexibility index (Phi) is 7.27. The van der Waals surface area contributed by atoms with E-state index in [0.717, 1.165) is 26.4 Å². The van der Waals surface area contributed by atoms with Crippen molar-refractivity contribution in [3.8, 4) is 5.75 Å². The number of carbonyl (C=O) groups is 1. The number of ether oxygens (including phenoxy) is 2. The second-order valence-corrected chi connectivity index (χ2v) is 12.3. The Balaban J connectivity index is 1.77. The van der Waals surface area contributed by atoms with Crippen LogP contribution in [0.2, 0.25) is 0 Å². The molecule has 164 valence electrons. The highest BCUT2D eigenvalue weighted by Gasteiger charge is 2.37. The van der Waals surface area contributed by atoms with Crippen molar-refractivity contribution in [2.45, 2.75) is 19.1 Å². The summed E-state index contributed by atoms with van der Waals surface area (Å²) in [5.74, 6) is 0.379. The van der Waals surface area contributed by atoms with E-state index in [0.29, 0.717) is 6.61 Å². The third-order valence-electron chi connectivity index (χ3n) is 5.17. The van der Waals surface area contributed by atoms with Gasteiger partial charge in [-0.15, -0.1) is 0 Å². The zero-order valence-electron chi connectivity index (χ0n) is 17.5. The van der Waals surface area contributed by atoms with E-state index >= 15 is 0 Å². The predicted molar refractivity (Wildman–Crippen MR) is 137 cm³/mol. The van der Waals surface area contributed by atoms with Crippen molar-refractivity contribution in [1.82, 2.24) is 5.09 Å². The first-order chi connectivity index (χ1) is 15.5. The van der Waals surface area contributed by atoms with E-state index in [4.69, 9.17) is 21.3 Å². The van der Waals surface area contributed by atoms with Gasteiger partial charge in [0.2, 0.25) is 0 Å². The second kappa shape index (κ2) is 10.1. The number of hydrogen-bond donors (Lipinski definition) is 1. The van der Waals surface area contributed by atoms with E-state index in [1.165, 1.54) is 6.08 Å². The standard InChI is InChI=1S/C25H23BrNO3PS/c1-2-29-24(28)16-15-23-25(21-17-18(26)13-14-22(21)30-23)27-31(32,19-9-5-3-6-10-19)20-11-7-4-8-12-20/h3-17,23,25H,2H2,1H3,(H,27,32)/b16-15+/t23-,25-/m1/s1. The molecule has 0 saturated heterocycles. The fraction of sp³-hybridized carbons (Fsp3) is 0.160. The van der Waals surface area contributed by atoms with Crippen LogP contribution >= 0.6 is 22.1 Å². The van der Waals surface area contributed by atoms with Crippen LogP contribution in [0.4, 0.5) is 0 Å². The molecule has 3 aromatic carbocycles. The van der Waals surface area contributed by atoms with Crippen molar-refractivity contribution in [2.24, 2.45) is 0 Å². The molecule has 0 aliphatic carbocycles. The molecule has 3 aromatic rings. The molecule has 0 radical (unpaired) electrons. The van der Waals surface area contributed by atoms with Gasteiger partial charge in [-0.05, 0) is 31.2 Å². The quantitative estimate of drug-likeness (QED) is 0.266. The van der Waals surface area contributed by atoms with Crippen LogP contribution in [0.3, 0.4) is 0 Å². The van der Waals surface area contributed by atoms with Gasteiger partial charge in [-0.3, -0.25) is 5.09 Å². The van der Waals surface area contributed by atoms with E-state index in [-0.39, 0.29) is 6.04 Å². The summed E-state index contributed by atoms with van der Waals surface area (Å²) < 4.78 is 12.2. The highest BCUT2D eigenvalue weighted by atomic mass is 79.9. The molecule has 0 saturated carbocycles. The SMILES string of the molecule is CCOC(=O)/C=C/[C@H]1Oc2ccc(Br)cc2[C@H]1NP(=S)(c1ccccc1)c1ccccc1. The Morgan fingerprint density at radius 1 is 1.09 bits per heavy atom. The molecule has 0 unspecified atom stereocenters. The summed E-state index contributed by atoms with van der Waals surface area (Å²) >= 11 is 9.95. The van der Waals surface area contributed by atoms with Gasteiger partial charge in [0, 0.05) is 26.7 Å². The molecule has 1 aliphatic rings. The summed E-state index contributed by atoms with van der Waals surface area (Å²) in [7, 11) is 0. The first-order valence-corrected chi connectivity index (χ1v) is 13.9. The number of fused-ring (bicyclic) bond motifs is 1. The fourth-order valence-electron chi connectivity index (χ4n) is 3.69. The average Bonchev–Trinajstić information content (AvgIpc) is 3.15. The van der Waals surface area contributed by atoms with Gasteiger partial charge >= 0.3 is 5.97 Å². The Morgan fingerprint density at radius 3 is 2.31 bits per heavy atom. The van der Waals surface area contributed by atoms with Crippen LogP contribution < -0.4 is 20.4 Å². The van der Waals surface area contributed by atoms with Crippen molar-refractivity contribution in [3.63, 3.8) is 0 Å². The Morgan fingerprint density at radius 2 is 1.72 bits per heavy atom. The van der Waals surface area contributed by atoms with Crippen LogP contribution in [0.1, 0.15) is 18.5 Å². The minimum Gasteiger partial charge on any atom is -0.484 e.